The molecule has 0 radical (unpaired) electrons. The van der Waals surface area contributed by atoms with Gasteiger partial charge in [0.25, 0.3) is 0 Å². The largest absolute Gasteiger partial charge is 0.494 e. The predicted molar refractivity (Wildman–Crippen MR) is 130 cm³/mol. The maximum absolute atomic E-state index is 14.2. The summed E-state index contributed by atoms with van der Waals surface area (Å²) in [4.78, 5) is 22.4. The van der Waals surface area contributed by atoms with E-state index in [0.717, 1.165) is 28.8 Å². The molecule has 9 nitrogen and oxygen atoms in total. The van der Waals surface area contributed by atoms with Crippen molar-refractivity contribution >= 4 is 17.1 Å². The number of hydrogen-bond acceptors (Lipinski definition) is 7. The number of hydrogen-bond donors (Lipinski definition) is 1. The zero-order valence-corrected chi connectivity index (χ0v) is 20.5. The summed E-state index contributed by atoms with van der Waals surface area (Å²) in [6.07, 6.45) is 3.59. The summed E-state index contributed by atoms with van der Waals surface area (Å²) in [5.74, 6) is 1.07. The molecule has 0 bridgehead atoms. The van der Waals surface area contributed by atoms with Gasteiger partial charge in [0.05, 0.1) is 25.5 Å². The van der Waals surface area contributed by atoms with Gasteiger partial charge in [0.2, 0.25) is 5.91 Å². The van der Waals surface area contributed by atoms with E-state index >= 15 is 0 Å². The highest BCUT2D eigenvalue weighted by atomic mass is 19.1. The number of nitrogens with one attached hydrogen (secondary N) is 1. The van der Waals surface area contributed by atoms with E-state index in [0.29, 0.717) is 48.8 Å². The number of benzene rings is 1. The number of ether oxygens (including phenoxy) is 2. The van der Waals surface area contributed by atoms with Gasteiger partial charge in [-0.25, -0.2) is 14.4 Å². The van der Waals surface area contributed by atoms with Crippen molar-refractivity contribution in [2.45, 2.75) is 45.7 Å². The lowest BCUT2D eigenvalue weighted by atomic mass is 10.1. The molecule has 0 aliphatic carbocycles. The van der Waals surface area contributed by atoms with Gasteiger partial charge in [-0.1, -0.05) is 11.2 Å². The summed E-state index contributed by atoms with van der Waals surface area (Å²) in [7, 11) is 1.44. The summed E-state index contributed by atoms with van der Waals surface area (Å²) in [5, 5.41) is 7.06. The highest BCUT2D eigenvalue weighted by Gasteiger charge is 2.21. The number of pyridine rings is 1. The number of nitrogens with zero attached hydrogens (tertiary/aromatic N) is 4. The Hall–Kier alpha value is -3.79. The van der Waals surface area contributed by atoms with Gasteiger partial charge in [0.1, 0.15) is 23.6 Å². The van der Waals surface area contributed by atoms with Gasteiger partial charge in [-0.2, -0.15) is 0 Å². The van der Waals surface area contributed by atoms with Crippen molar-refractivity contribution in [2.75, 3.05) is 20.3 Å². The topological polar surface area (TPSA) is 104 Å². The summed E-state index contributed by atoms with van der Waals surface area (Å²) in [6, 6.07) is 6.85. The number of halogens is 1. The molecule has 1 aliphatic heterocycles. The molecule has 3 aromatic heterocycles. The number of rotatable bonds is 8. The van der Waals surface area contributed by atoms with Gasteiger partial charge in [-0.15, -0.1) is 0 Å². The van der Waals surface area contributed by atoms with E-state index in [-0.39, 0.29) is 24.2 Å². The van der Waals surface area contributed by atoms with Crippen LogP contribution in [0.5, 0.6) is 5.75 Å². The Kier molecular flexibility index (Phi) is 6.69. The highest BCUT2D eigenvalue weighted by molar-refractivity contribution is 5.82. The van der Waals surface area contributed by atoms with E-state index in [1.165, 1.54) is 13.2 Å². The second-order valence-corrected chi connectivity index (χ2v) is 8.98. The summed E-state index contributed by atoms with van der Waals surface area (Å²) < 4.78 is 31.7. The summed E-state index contributed by atoms with van der Waals surface area (Å²) in [6.45, 7) is 4.98. The fourth-order valence-corrected chi connectivity index (χ4v) is 4.63. The van der Waals surface area contributed by atoms with Gasteiger partial charge < -0.3 is 23.9 Å². The van der Waals surface area contributed by atoms with Gasteiger partial charge in [-0.05, 0) is 50.5 Å². The molecular weight excluding hydrogens is 465 g/mol. The maximum Gasteiger partial charge on any atom is 0.240 e. The number of fused-ring (bicyclic) bond motifs is 1. The van der Waals surface area contributed by atoms with Crippen molar-refractivity contribution in [1.29, 1.82) is 0 Å². The average Bonchev–Trinajstić information content (AvgIpc) is 3.57. The van der Waals surface area contributed by atoms with Crippen LogP contribution in [0.25, 0.3) is 22.3 Å². The lowest BCUT2D eigenvalue weighted by Crippen LogP contribution is -2.37. The van der Waals surface area contributed by atoms with Crippen LogP contribution in [-0.2, 0) is 28.9 Å². The summed E-state index contributed by atoms with van der Waals surface area (Å²) in [5.41, 5.74) is 4.59. The minimum atomic E-state index is -0.410. The fourth-order valence-electron chi connectivity index (χ4n) is 4.63. The highest BCUT2D eigenvalue weighted by Crippen LogP contribution is 2.29. The SMILES string of the molecule is COc1ccc(CCc2nc3cc(-c4c(C)noc4C)cnc3n2CC(=O)NC2CCOC2)cc1F. The number of carbonyl (C=O) groups excluding carboxylic acids is 1. The van der Waals surface area contributed by atoms with Crippen molar-refractivity contribution in [3.8, 4) is 16.9 Å². The van der Waals surface area contributed by atoms with E-state index < -0.39 is 5.82 Å². The molecule has 1 atom stereocenters. The molecule has 4 heterocycles. The monoisotopic (exact) mass is 493 g/mol. The second kappa shape index (κ2) is 10.1. The van der Waals surface area contributed by atoms with Gasteiger partial charge in [-0.3, -0.25) is 4.79 Å². The molecule has 0 spiro atoms. The van der Waals surface area contributed by atoms with E-state index in [4.69, 9.17) is 19.0 Å². The molecule has 10 heteroatoms. The molecule has 1 N–H and O–H groups in total. The Morgan fingerprint density at radius 1 is 1.28 bits per heavy atom. The van der Waals surface area contributed by atoms with E-state index in [1.54, 1.807) is 12.3 Å². The molecule has 1 saturated heterocycles. The van der Waals surface area contributed by atoms with Crippen LogP contribution in [0.2, 0.25) is 0 Å². The minimum absolute atomic E-state index is 0.0112. The van der Waals surface area contributed by atoms with Crippen LogP contribution in [0.1, 0.15) is 29.3 Å². The molecule has 1 fully saturated rings. The van der Waals surface area contributed by atoms with Crippen molar-refractivity contribution in [1.82, 2.24) is 25.0 Å². The zero-order valence-electron chi connectivity index (χ0n) is 20.5. The first-order chi connectivity index (χ1) is 17.4. The van der Waals surface area contributed by atoms with Gasteiger partial charge in [0, 0.05) is 30.4 Å². The normalized spacial score (nSPS) is 15.5. The molecular formula is C26H28FN5O4. The predicted octanol–water partition coefficient (Wildman–Crippen LogP) is 3.54. The number of amides is 1. The third-order valence-electron chi connectivity index (χ3n) is 6.44. The molecule has 5 rings (SSSR count). The molecule has 1 amide bonds. The number of aryl methyl sites for hydroxylation is 4. The van der Waals surface area contributed by atoms with Crippen molar-refractivity contribution in [2.24, 2.45) is 0 Å². The quantitative estimate of drug-likeness (QED) is 0.400. The fraction of sp³-hybridized carbons (Fsp3) is 0.385. The third kappa shape index (κ3) is 4.81. The minimum Gasteiger partial charge on any atom is -0.494 e. The zero-order chi connectivity index (χ0) is 25.2. The van der Waals surface area contributed by atoms with E-state index in [1.807, 2.05) is 30.5 Å². The molecule has 4 aromatic rings. The third-order valence-corrected chi connectivity index (χ3v) is 6.44. The standard InChI is InChI=1S/C26H28FN5O4/c1-15-25(16(2)36-31-15)18-11-21-26(28-12-18)32(13-24(33)29-19-8-9-35-14-19)23(30-21)7-5-17-4-6-22(34-3)20(27)10-17/h4,6,10-12,19H,5,7-9,13-14H2,1-3H3,(H,29,33). The number of carbonyl (C=O) groups is 1. The molecule has 0 saturated carbocycles. The molecule has 36 heavy (non-hydrogen) atoms. The molecule has 188 valence electrons. The van der Waals surface area contributed by atoms with Gasteiger partial charge in [0.15, 0.2) is 17.2 Å². The van der Waals surface area contributed by atoms with Crippen LogP contribution in [0.15, 0.2) is 35.0 Å². The maximum atomic E-state index is 14.2. The number of imidazole rings is 1. The van der Waals surface area contributed by atoms with Gasteiger partial charge >= 0.3 is 0 Å². The molecule has 1 unspecified atom stereocenters. The Morgan fingerprint density at radius 2 is 2.14 bits per heavy atom. The molecule has 1 aliphatic rings. The van der Waals surface area contributed by atoms with Crippen molar-refractivity contribution < 1.29 is 23.2 Å². The van der Waals surface area contributed by atoms with Crippen LogP contribution in [0.3, 0.4) is 0 Å². The Bertz CT molecular complexity index is 1390. The van der Waals surface area contributed by atoms with Crippen molar-refractivity contribution in [3.05, 3.63) is 59.1 Å². The first-order valence-corrected chi connectivity index (χ1v) is 11.9. The van der Waals surface area contributed by atoms with Crippen LogP contribution in [0, 0.1) is 19.7 Å². The lowest BCUT2D eigenvalue weighted by molar-refractivity contribution is -0.122. The number of aromatic nitrogens is 4. The first kappa shape index (κ1) is 23.9. The second-order valence-electron chi connectivity index (χ2n) is 8.98. The first-order valence-electron chi connectivity index (χ1n) is 11.9. The Balaban J connectivity index is 1.46. The molecule has 1 aromatic carbocycles. The van der Waals surface area contributed by atoms with Crippen LogP contribution in [0.4, 0.5) is 4.39 Å². The summed E-state index contributed by atoms with van der Waals surface area (Å²) >= 11 is 0. The van der Waals surface area contributed by atoms with E-state index in [2.05, 4.69) is 15.5 Å². The Labute approximate surface area is 207 Å². The average molecular weight is 494 g/mol. The smallest absolute Gasteiger partial charge is 0.240 e. The van der Waals surface area contributed by atoms with Crippen LogP contribution < -0.4 is 10.1 Å². The van der Waals surface area contributed by atoms with E-state index in [9.17, 15) is 9.18 Å². The van der Waals surface area contributed by atoms with Crippen LogP contribution in [-0.4, -0.2) is 52.0 Å². The Morgan fingerprint density at radius 3 is 2.83 bits per heavy atom. The van der Waals surface area contributed by atoms with Crippen LogP contribution >= 0.6 is 0 Å². The van der Waals surface area contributed by atoms with Crippen molar-refractivity contribution in [3.63, 3.8) is 0 Å². The lowest BCUT2D eigenvalue weighted by Gasteiger charge is -2.13. The number of methoxy groups -OCH3 is 1.